The van der Waals surface area contributed by atoms with E-state index in [2.05, 4.69) is 9.68 Å². The Balaban J connectivity index is 3.31. The highest BCUT2D eigenvalue weighted by atomic mass is 16.7. The number of carbonyl (C=O) groups excluding carboxylic acids is 2. The first-order valence-electron chi connectivity index (χ1n) is 5.88. The summed E-state index contributed by atoms with van der Waals surface area (Å²) in [6.45, 7) is -0.244. The molecule has 12 heteroatoms. The molecule has 126 valence electrons. The second kappa shape index (κ2) is 7.88. The van der Waals surface area contributed by atoms with Crippen molar-refractivity contribution in [2.45, 2.75) is 0 Å². The maximum atomic E-state index is 10.9. The molecular formula is C12H10N4O8. The molecule has 0 bridgehead atoms. The molecule has 1 aromatic rings. The monoisotopic (exact) mass is 338 g/mol. The van der Waals surface area contributed by atoms with E-state index in [1.807, 2.05) is 0 Å². The van der Waals surface area contributed by atoms with Gasteiger partial charge in [-0.05, 0) is 18.2 Å². The van der Waals surface area contributed by atoms with Crippen LogP contribution in [0.2, 0.25) is 0 Å². The minimum absolute atomic E-state index is 0.122. The highest BCUT2D eigenvalue weighted by Crippen LogP contribution is 2.23. The molecule has 0 aliphatic heterocycles. The van der Waals surface area contributed by atoms with E-state index in [-0.39, 0.29) is 24.3 Å². The fourth-order valence-electron chi connectivity index (χ4n) is 1.49. The molecule has 0 unspecified atom stereocenters. The van der Waals surface area contributed by atoms with E-state index in [4.69, 9.17) is 21.0 Å². The number of benzene rings is 1. The molecule has 0 aliphatic carbocycles. The van der Waals surface area contributed by atoms with Crippen LogP contribution >= 0.6 is 0 Å². The van der Waals surface area contributed by atoms with Crippen molar-refractivity contribution in [1.29, 1.82) is 10.8 Å². The number of carboxylic acid groups (broad SMARTS) is 2. The van der Waals surface area contributed by atoms with Crippen molar-refractivity contribution in [3.63, 3.8) is 0 Å². The molecule has 0 heterocycles. The number of hydroxylamine groups is 2. The first kappa shape index (κ1) is 18.1. The molecule has 1 aromatic carbocycles. The maximum absolute atomic E-state index is 10.9. The van der Waals surface area contributed by atoms with Gasteiger partial charge in [-0.15, -0.1) is 10.1 Å². The topological polar surface area (TPSA) is 181 Å². The largest absolute Gasteiger partial charge is 0.475 e. The van der Waals surface area contributed by atoms with Crippen molar-refractivity contribution in [2.24, 2.45) is 0 Å². The Bertz CT molecular complexity index is 649. The van der Waals surface area contributed by atoms with Gasteiger partial charge in [-0.3, -0.25) is 20.4 Å². The Morgan fingerprint density at radius 2 is 1.29 bits per heavy atom. The van der Waals surface area contributed by atoms with Gasteiger partial charge in [0.1, 0.15) is 0 Å². The molecule has 12 nitrogen and oxygen atoms in total. The molecule has 0 atom stereocenters. The van der Waals surface area contributed by atoms with Crippen LogP contribution in [0.15, 0.2) is 24.3 Å². The van der Waals surface area contributed by atoms with E-state index in [1.54, 1.807) is 0 Å². The molecule has 0 aromatic heterocycles. The zero-order chi connectivity index (χ0) is 18.3. The number of carbonyl (C=O) groups is 4. The van der Waals surface area contributed by atoms with Crippen molar-refractivity contribution in [3.8, 4) is 0 Å². The van der Waals surface area contributed by atoms with Crippen LogP contribution in [0.4, 0.5) is 11.4 Å². The minimum Gasteiger partial charge on any atom is -0.475 e. The molecule has 1 rings (SSSR count). The number of amidine groups is 2. The molecule has 0 saturated heterocycles. The molecule has 4 N–H and O–H groups in total. The zero-order valence-corrected chi connectivity index (χ0v) is 11.7. The highest BCUT2D eigenvalue weighted by molar-refractivity contribution is 6.39. The lowest BCUT2D eigenvalue weighted by Crippen LogP contribution is -2.37. The number of hydrogen-bond donors (Lipinski definition) is 4. The van der Waals surface area contributed by atoms with Gasteiger partial charge >= 0.3 is 24.9 Å². The summed E-state index contributed by atoms with van der Waals surface area (Å²) in [6, 6.07) is 4.75. The summed E-state index contributed by atoms with van der Waals surface area (Å²) in [7, 11) is 0. The number of anilines is 2. The summed E-state index contributed by atoms with van der Waals surface area (Å²) < 4.78 is 0. The average Bonchev–Trinajstić information content (AvgIpc) is 2.56. The minimum atomic E-state index is -1.71. The van der Waals surface area contributed by atoms with Crippen LogP contribution in [-0.2, 0) is 28.9 Å². The summed E-state index contributed by atoms with van der Waals surface area (Å²) in [5.74, 6) is -5.64. The molecule has 0 radical (unpaired) electrons. The van der Waals surface area contributed by atoms with E-state index >= 15 is 0 Å². The summed E-state index contributed by atoms with van der Waals surface area (Å²) in [5.41, 5.74) is -0.352. The van der Waals surface area contributed by atoms with Crippen LogP contribution in [0.5, 0.6) is 0 Å². The Kier molecular flexibility index (Phi) is 5.94. The quantitative estimate of drug-likeness (QED) is 0.230. The number of aliphatic carboxylic acids is 2. The lowest BCUT2D eigenvalue weighted by molar-refractivity contribution is -0.133. The van der Waals surface area contributed by atoms with Crippen molar-refractivity contribution in [1.82, 2.24) is 0 Å². The molecule has 0 saturated carbocycles. The molecular weight excluding hydrogens is 328 g/mol. The van der Waals surface area contributed by atoms with E-state index in [0.29, 0.717) is 10.1 Å². The van der Waals surface area contributed by atoms with Crippen LogP contribution in [0.3, 0.4) is 0 Å². The molecule has 0 aliphatic rings. The fourth-order valence-corrected chi connectivity index (χ4v) is 1.49. The third-order valence-electron chi connectivity index (χ3n) is 2.41. The second-order valence-electron chi connectivity index (χ2n) is 3.82. The van der Waals surface area contributed by atoms with Crippen LogP contribution < -0.4 is 10.1 Å². The molecule has 0 amide bonds. The Morgan fingerprint density at radius 3 is 1.58 bits per heavy atom. The predicted octanol–water partition coefficient (Wildman–Crippen LogP) is -0.401. The number of nitrogens with zero attached hydrogens (tertiary/aromatic N) is 2. The summed E-state index contributed by atoms with van der Waals surface area (Å²) in [5, 5.41) is 33.0. The van der Waals surface area contributed by atoms with E-state index in [1.165, 1.54) is 18.2 Å². The summed E-state index contributed by atoms with van der Waals surface area (Å²) >= 11 is 0. The van der Waals surface area contributed by atoms with Crippen molar-refractivity contribution < 1.29 is 39.1 Å². The van der Waals surface area contributed by atoms with Crippen LogP contribution in [-0.4, -0.2) is 46.8 Å². The van der Waals surface area contributed by atoms with Crippen LogP contribution in [0.1, 0.15) is 0 Å². The first-order valence-corrected chi connectivity index (χ1v) is 5.88. The van der Waals surface area contributed by atoms with Crippen LogP contribution in [0, 0.1) is 10.8 Å². The van der Waals surface area contributed by atoms with Gasteiger partial charge in [-0.2, -0.15) is 0 Å². The van der Waals surface area contributed by atoms with Crippen molar-refractivity contribution >= 4 is 47.9 Å². The molecule has 24 heavy (non-hydrogen) atoms. The SMILES string of the molecule is N=C(C(=O)O)N(OC=O)c1cccc(N(OC=O)C(=N)C(=O)O)c1. The lowest BCUT2D eigenvalue weighted by atomic mass is 10.2. The van der Waals surface area contributed by atoms with Gasteiger partial charge in [-0.25, -0.2) is 9.59 Å². The normalized spacial score (nSPS) is 9.33. The number of carboxylic acids is 2. The maximum Gasteiger partial charge on any atom is 0.374 e. The van der Waals surface area contributed by atoms with Gasteiger partial charge in [0.25, 0.3) is 0 Å². The van der Waals surface area contributed by atoms with Gasteiger partial charge in [-0.1, -0.05) is 6.07 Å². The van der Waals surface area contributed by atoms with Crippen molar-refractivity contribution in [3.05, 3.63) is 24.3 Å². The number of hydrogen-bond acceptors (Lipinski definition) is 8. The molecule has 0 spiro atoms. The Hall–Kier alpha value is -3.96. The smallest absolute Gasteiger partial charge is 0.374 e. The highest BCUT2D eigenvalue weighted by Gasteiger charge is 2.24. The lowest BCUT2D eigenvalue weighted by Gasteiger charge is -2.22. The van der Waals surface area contributed by atoms with Gasteiger partial charge < -0.3 is 19.9 Å². The second-order valence-corrected chi connectivity index (χ2v) is 3.82. The van der Waals surface area contributed by atoms with Gasteiger partial charge in [0.2, 0.25) is 11.7 Å². The standard InChI is InChI=1S/C12H10N4O8/c13-9(11(19)20)15(23-5-17)7-2-1-3-8(4-7)16(24-6-18)10(14)12(21)22/h1-6,13-14H,(H,19,20)(H,21,22). The third-order valence-corrected chi connectivity index (χ3v) is 2.41. The summed E-state index contributed by atoms with van der Waals surface area (Å²) in [4.78, 5) is 51.5. The zero-order valence-electron chi connectivity index (χ0n) is 11.7. The Morgan fingerprint density at radius 1 is 0.917 bits per heavy atom. The van der Waals surface area contributed by atoms with E-state index < -0.39 is 23.6 Å². The van der Waals surface area contributed by atoms with Crippen LogP contribution in [0.25, 0.3) is 0 Å². The van der Waals surface area contributed by atoms with E-state index in [0.717, 1.165) is 6.07 Å². The first-order chi connectivity index (χ1) is 11.3. The number of rotatable bonds is 6. The summed E-state index contributed by atoms with van der Waals surface area (Å²) in [6.07, 6.45) is 0. The fraction of sp³-hybridized carbons (Fsp3) is 0. The Labute approximate surface area is 133 Å². The number of nitrogens with one attached hydrogen (secondary N) is 2. The van der Waals surface area contributed by atoms with Crippen molar-refractivity contribution in [2.75, 3.05) is 10.1 Å². The third kappa shape index (κ3) is 4.03. The average molecular weight is 338 g/mol. The van der Waals surface area contributed by atoms with Gasteiger partial charge in [0, 0.05) is 0 Å². The van der Waals surface area contributed by atoms with Gasteiger partial charge in [0.15, 0.2) is 0 Å². The van der Waals surface area contributed by atoms with Gasteiger partial charge in [0.05, 0.1) is 11.4 Å². The van der Waals surface area contributed by atoms with E-state index in [9.17, 15) is 19.2 Å². The predicted molar refractivity (Wildman–Crippen MR) is 76.4 cm³/mol. The molecule has 0 fully saturated rings.